The third kappa shape index (κ3) is 5.50. The van der Waals surface area contributed by atoms with Gasteiger partial charge in [0.2, 0.25) is 0 Å². The average Bonchev–Trinajstić information content (AvgIpc) is 2.92. The lowest BCUT2D eigenvalue weighted by Gasteiger charge is -2.06. The minimum atomic E-state index is 0. The molecule has 3 N–H and O–H groups in total. The third-order valence-electron chi connectivity index (χ3n) is 2.83. The lowest BCUT2D eigenvalue weighted by Crippen LogP contribution is -2.23. The molecule has 1 aromatic carbocycles. The normalized spacial score (nSPS) is 10.9. The molecule has 0 bridgehead atoms. The molecule has 0 amide bonds. The van der Waals surface area contributed by atoms with Crippen molar-refractivity contribution in [1.82, 2.24) is 0 Å². The number of nitrogens with two attached hydrogens (primary N) is 1. The van der Waals surface area contributed by atoms with Gasteiger partial charge in [0.05, 0.1) is 0 Å². The van der Waals surface area contributed by atoms with Crippen LogP contribution in [0.2, 0.25) is 0 Å². The summed E-state index contributed by atoms with van der Waals surface area (Å²) in [4.78, 5) is 5.68. The SMILES string of the molecule is CCc1cccc(NC(N)=NCCc2cccs2)c1.I. The van der Waals surface area contributed by atoms with Crippen molar-refractivity contribution in [3.8, 4) is 0 Å². The van der Waals surface area contributed by atoms with Crippen molar-refractivity contribution in [1.29, 1.82) is 0 Å². The van der Waals surface area contributed by atoms with Gasteiger partial charge in [-0.05, 0) is 35.6 Å². The molecule has 1 aromatic heterocycles. The molecule has 0 unspecified atom stereocenters. The fourth-order valence-corrected chi connectivity index (χ4v) is 2.50. The lowest BCUT2D eigenvalue weighted by molar-refractivity contribution is 0.983. The van der Waals surface area contributed by atoms with Crippen LogP contribution in [0.3, 0.4) is 0 Å². The van der Waals surface area contributed by atoms with Crippen molar-refractivity contribution in [2.24, 2.45) is 10.7 Å². The van der Waals surface area contributed by atoms with Crippen LogP contribution in [0.15, 0.2) is 46.8 Å². The topological polar surface area (TPSA) is 50.4 Å². The van der Waals surface area contributed by atoms with Crippen LogP contribution >= 0.6 is 35.3 Å². The second-order valence-electron chi connectivity index (χ2n) is 4.28. The Morgan fingerprint density at radius 3 is 2.85 bits per heavy atom. The zero-order chi connectivity index (χ0) is 13.5. The van der Waals surface area contributed by atoms with E-state index in [1.165, 1.54) is 10.4 Å². The first-order valence-electron chi connectivity index (χ1n) is 6.46. The minimum absolute atomic E-state index is 0. The van der Waals surface area contributed by atoms with E-state index in [0.717, 1.165) is 18.5 Å². The number of hydrogen-bond donors (Lipinski definition) is 2. The van der Waals surface area contributed by atoms with Crippen LogP contribution in [0.5, 0.6) is 0 Å². The van der Waals surface area contributed by atoms with Gasteiger partial charge in [-0.1, -0.05) is 25.1 Å². The first-order valence-corrected chi connectivity index (χ1v) is 7.34. The number of guanidine groups is 1. The maximum atomic E-state index is 5.88. The number of halogens is 1. The number of benzene rings is 1. The number of nitrogens with zero attached hydrogens (tertiary/aromatic N) is 1. The molecule has 0 fully saturated rings. The molecule has 108 valence electrons. The van der Waals surface area contributed by atoms with Crippen molar-refractivity contribution in [3.63, 3.8) is 0 Å². The highest BCUT2D eigenvalue weighted by molar-refractivity contribution is 14.0. The fraction of sp³-hybridized carbons (Fsp3) is 0.267. The lowest BCUT2D eigenvalue weighted by atomic mass is 10.1. The summed E-state index contributed by atoms with van der Waals surface area (Å²) < 4.78 is 0. The summed E-state index contributed by atoms with van der Waals surface area (Å²) in [6.45, 7) is 2.85. The molecular formula is C15H20IN3S. The Bertz CT molecular complexity index is 538. The number of aliphatic imine (C=N–C) groups is 1. The van der Waals surface area contributed by atoms with Crippen molar-refractivity contribution in [3.05, 3.63) is 52.2 Å². The van der Waals surface area contributed by atoms with Gasteiger partial charge in [-0.3, -0.25) is 4.99 Å². The number of anilines is 1. The summed E-state index contributed by atoms with van der Waals surface area (Å²) in [6, 6.07) is 12.4. The van der Waals surface area contributed by atoms with Gasteiger partial charge in [0.15, 0.2) is 5.96 Å². The standard InChI is InChI=1S/C15H19N3S.HI/c1-2-12-5-3-6-13(11-12)18-15(16)17-9-8-14-7-4-10-19-14;/h3-7,10-11H,2,8-9H2,1H3,(H3,16,17,18);1H. The Morgan fingerprint density at radius 1 is 1.30 bits per heavy atom. The zero-order valence-corrected chi connectivity index (χ0v) is 14.7. The molecule has 2 rings (SSSR count). The number of nitrogens with one attached hydrogen (secondary N) is 1. The van der Waals surface area contributed by atoms with Crippen LogP contribution in [0.4, 0.5) is 5.69 Å². The Kier molecular flexibility index (Phi) is 7.61. The second-order valence-corrected chi connectivity index (χ2v) is 5.31. The Balaban J connectivity index is 0.00000200. The molecular weight excluding hydrogens is 381 g/mol. The molecule has 0 spiro atoms. The molecule has 0 aliphatic heterocycles. The third-order valence-corrected chi connectivity index (χ3v) is 3.76. The van der Waals surface area contributed by atoms with E-state index in [-0.39, 0.29) is 24.0 Å². The van der Waals surface area contributed by atoms with E-state index in [0.29, 0.717) is 12.5 Å². The molecule has 0 saturated heterocycles. The van der Waals surface area contributed by atoms with Crippen molar-refractivity contribution in [2.75, 3.05) is 11.9 Å². The van der Waals surface area contributed by atoms with Crippen LogP contribution in [0.1, 0.15) is 17.4 Å². The van der Waals surface area contributed by atoms with E-state index in [9.17, 15) is 0 Å². The summed E-state index contributed by atoms with van der Waals surface area (Å²) in [5.41, 5.74) is 8.16. The highest BCUT2D eigenvalue weighted by atomic mass is 127. The smallest absolute Gasteiger partial charge is 0.193 e. The highest BCUT2D eigenvalue weighted by Crippen LogP contribution is 2.11. The fourth-order valence-electron chi connectivity index (χ4n) is 1.80. The second kappa shape index (κ2) is 8.97. The van der Waals surface area contributed by atoms with E-state index in [2.05, 4.69) is 46.9 Å². The number of rotatable bonds is 5. The molecule has 0 aliphatic rings. The van der Waals surface area contributed by atoms with Crippen molar-refractivity contribution < 1.29 is 0 Å². The minimum Gasteiger partial charge on any atom is -0.370 e. The quantitative estimate of drug-likeness (QED) is 0.454. The predicted octanol–water partition coefficient (Wildman–Crippen LogP) is 3.90. The summed E-state index contributed by atoms with van der Waals surface area (Å²) in [6.07, 6.45) is 1.96. The van der Waals surface area contributed by atoms with Crippen LogP contribution in [-0.4, -0.2) is 12.5 Å². The Hall–Kier alpha value is -1.08. The van der Waals surface area contributed by atoms with Gasteiger partial charge in [0.25, 0.3) is 0 Å². The summed E-state index contributed by atoms with van der Waals surface area (Å²) >= 11 is 1.75. The van der Waals surface area contributed by atoms with Crippen LogP contribution in [0.25, 0.3) is 0 Å². The van der Waals surface area contributed by atoms with Crippen LogP contribution in [0, 0.1) is 0 Å². The van der Waals surface area contributed by atoms with Crippen molar-refractivity contribution >= 4 is 47.0 Å². The first kappa shape index (κ1) is 17.0. The summed E-state index contributed by atoms with van der Waals surface area (Å²) in [5.74, 6) is 0.477. The zero-order valence-electron chi connectivity index (χ0n) is 11.5. The first-order chi connectivity index (χ1) is 9.28. The Morgan fingerprint density at radius 2 is 2.15 bits per heavy atom. The average molecular weight is 401 g/mol. The molecule has 20 heavy (non-hydrogen) atoms. The molecule has 2 aromatic rings. The van der Waals surface area contributed by atoms with Crippen molar-refractivity contribution in [2.45, 2.75) is 19.8 Å². The molecule has 0 radical (unpaired) electrons. The van der Waals surface area contributed by atoms with Gasteiger partial charge < -0.3 is 11.1 Å². The summed E-state index contributed by atoms with van der Waals surface area (Å²) in [5, 5.41) is 5.21. The molecule has 3 nitrogen and oxygen atoms in total. The van der Waals surface area contributed by atoms with Crippen LogP contribution < -0.4 is 11.1 Å². The molecule has 0 aliphatic carbocycles. The monoisotopic (exact) mass is 401 g/mol. The van der Waals surface area contributed by atoms with E-state index < -0.39 is 0 Å². The molecule has 0 atom stereocenters. The van der Waals surface area contributed by atoms with Gasteiger partial charge in [-0.2, -0.15) is 0 Å². The molecule has 0 saturated carbocycles. The van der Waals surface area contributed by atoms with E-state index in [4.69, 9.17) is 5.73 Å². The number of aryl methyl sites for hydroxylation is 1. The molecule has 5 heteroatoms. The Labute approximate surface area is 141 Å². The predicted molar refractivity (Wildman–Crippen MR) is 99.4 cm³/mol. The maximum Gasteiger partial charge on any atom is 0.193 e. The van der Waals surface area contributed by atoms with E-state index >= 15 is 0 Å². The van der Waals surface area contributed by atoms with Gasteiger partial charge in [0.1, 0.15) is 0 Å². The number of hydrogen-bond acceptors (Lipinski definition) is 2. The van der Waals surface area contributed by atoms with Gasteiger partial charge >= 0.3 is 0 Å². The number of thiophene rings is 1. The highest BCUT2D eigenvalue weighted by Gasteiger charge is 1.97. The largest absolute Gasteiger partial charge is 0.370 e. The van der Waals surface area contributed by atoms with Gasteiger partial charge in [-0.15, -0.1) is 35.3 Å². The molecule has 1 heterocycles. The summed E-state index contributed by atoms with van der Waals surface area (Å²) in [7, 11) is 0. The van der Waals surface area contributed by atoms with Gasteiger partial charge in [0, 0.05) is 23.5 Å². The van der Waals surface area contributed by atoms with E-state index in [1.807, 2.05) is 12.1 Å². The van der Waals surface area contributed by atoms with Crippen LogP contribution in [-0.2, 0) is 12.8 Å². The van der Waals surface area contributed by atoms with E-state index in [1.54, 1.807) is 11.3 Å². The van der Waals surface area contributed by atoms with Gasteiger partial charge in [-0.25, -0.2) is 0 Å². The maximum absolute atomic E-state index is 5.88.